The van der Waals surface area contributed by atoms with Gasteiger partial charge in [0.05, 0.1) is 4.90 Å². The molecule has 0 bridgehead atoms. The number of pyridine rings is 1. The van der Waals surface area contributed by atoms with Crippen LogP contribution < -0.4 is 5.73 Å². The molecule has 2 aromatic heterocycles. The molecule has 4 aromatic rings. The van der Waals surface area contributed by atoms with E-state index in [1.807, 2.05) is 37.3 Å². The number of hydrogen-bond acceptors (Lipinski definition) is 6. The lowest BCUT2D eigenvalue weighted by Gasteiger charge is -2.10. The monoisotopic (exact) mass is 389 g/mol. The van der Waals surface area contributed by atoms with Gasteiger partial charge in [-0.25, -0.2) is 18.4 Å². The molecule has 4 rings (SSSR count). The fraction of sp³-hybridized carbons (Fsp3) is 0.0500. The minimum atomic E-state index is -4.02. The molecule has 2 heterocycles. The van der Waals surface area contributed by atoms with Crippen molar-refractivity contribution >= 4 is 26.8 Å². The summed E-state index contributed by atoms with van der Waals surface area (Å²) in [5.41, 5.74) is 8.30. The van der Waals surface area contributed by atoms with Crippen molar-refractivity contribution in [2.75, 3.05) is 5.73 Å². The Hall–Kier alpha value is -3.70. The smallest absolute Gasteiger partial charge is 0.211 e. The molecular formula is C20H15N5O2S. The van der Waals surface area contributed by atoms with Crippen LogP contribution in [0.3, 0.4) is 0 Å². The van der Waals surface area contributed by atoms with Crippen LogP contribution in [0.1, 0.15) is 11.1 Å². The Morgan fingerprint density at radius 1 is 1.07 bits per heavy atom. The highest BCUT2D eigenvalue weighted by Gasteiger charge is 2.29. The van der Waals surface area contributed by atoms with Gasteiger partial charge in [0.2, 0.25) is 9.84 Å². The number of aryl methyl sites for hydroxylation is 1. The van der Waals surface area contributed by atoms with Crippen LogP contribution in [0.5, 0.6) is 0 Å². The molecule has 0 radical (unpaired) electrons. The van der Waals surface area contributed by atoms with Crippen molar-refractivity contribution in [3.8, 4) is 11.8 Å². The first-order chi connectivity index (χ1) is 13.4. The number of nitrogens with two attached hydrogens (primary N) is 1. The molecule has 28 heavy (non-hydrogen) atoms. The summed E-state index contributed by atoms with van der Waals surface area (Å²) in [6.07, 6.45) is 1.50. The Bertz CT molecular complexity index is 1340. The van der Waals surface area contributed by atoms with E-state index in [0.29, 0.717) is 5.65 Å². The lowest BCUT2D eigenvalue weighted by molar-refractivity contribution is 0.596. The van der Waals surface area contributed by atoms with E-state index in [9.17, 15) is 13.7 Å². The first kappa shape index (κ1) is 17.7. The number of fused-ring (bicyclic) bond motifs is 1. The number of sulfone groups is 1. The summed E-state index contributed by atoms with van der Waals surface area (Å²) >= 11 is 0. The molecule has 138 valence electrons. The summed E-state index contributed by atoms with van der Waals surface area (Å²) < 4.78 is 27.8. The number of hydrogen-bond donors (Lipinski definition) is 1. The molecule has 2 N–H and O–H groups in total. The van der Waals surface area contributed by atoms with E-state index in [1.165, 1.54) is 18.5 Å². The molecule has 0 fully saturated rings. The number of anilines is 1. The van der Waals surface area contributed by atoms with E-state index in [-0.39, 0.29) is 26.7 Å². The predicted molar refractivity (Wildman–Crippen MR) is 105 cm³/mol. The molecule has 7 nitrogen and oxygen atoms in total. The minimum absolute atomic E-state index is 0.0392. The molecule has 8 heteroatoms. The third kappa shape index (κ3) is 2.69. The van der Waals surface area contributed by atoms with Gasteiger partial charge in [0.25, 0.3) is 0 Å². The lowest BCUT2D eigenvalue weighted by Crippen LogP contribution is -2.11. The number of nitrogen functional groups attached to an aromatic ring is 1. The first-order valence-electron chi connectivity index (χ1n) is 8.37. The van der Waals surface area contributed by atoms with E-state index in [0.717, 1.165) is 11.3 Å². The fourth-order valence-electron chi connectivity index (χ4n) is 3.01. The third-order valence-corrected chi connectivity index (χ3v) is 6.25. The summed E-state index contributed by atoms with van der Waals surface area (Å²) in [6.45, 7) is 1.97. The largest absolute Gasteiger partial charge is 0.382 e. The van der Waals surface area contributed by atoms with Gasteiger partial charge in [-0.2, -0.15) is 5.26 Å². The Morgan fingerprint density at radius 2 is 1.75 bits per heavy atom. The Balaban J connectivity index is 2.00. The topological polar surface area (TPSA) is 115 Å². The van der Waals surface area contributed by atoms with E-state index >= 15 is 0 Å². The molecule has 0 spiro atoms. The van der Waals surface area contributed by atoms with Gasteiger partial charge >= 0.3 is 0 Å². The lowest BCUT2D eigenvalue weighted by atomic mass is 10.2. The maximum absolute atomic E-state index is 13.1. The van der Waals surface area contributed by atoms with Crippen molar-refractivity contribution in [3.63, 3.8) is 0 Å². The van der Waals surface area contributed by atoms with Gasteiger partial charge in [-0.15, -0.1) is 0 Å². The summed E-state index contributed by atoms with van der Waals surface area (Å²) in [4.78, 5) is 8.26. The van der Waals surface area contributed by atoms with Gasteiger partial charge in [-0.1, -0.05) is 35.9 Å². The molecule has 0 saturated heterocycles. The quantitative estimate of drug-likeness (QED) is 0.576. The molecule has 2 aromatic carbocycles. The molecule has 0 aliphatic carbocycles. The molecular weight excluding hydrogens is 374 g/mol. The van der Waals surface area contributed by atoms with Crippen molar-refractivity contribution in [2.45, 2.75) is 16.7 Å². The third-order valence-electron chi connectivity index (χ3n) is 4.41. The van der Waals surface area contributed by atoms with Gasteiger partial charge < -0.3 is 5.73 Å². The summed E-state index contributed by atoms with van der Waals surface area (Å²) in [7, 11) is -4.02. The van der Waals surface area contributed by atoms with Crippen LogP contribution in [-0.2, 0) is 9.84 Å². The molecule has 0 atom stereocenters. The fourth-order valence-corrected chi connectivity index (χ4v) is 4.50. The summed E-state index contributed by atoms with van der Waals surface area (Å²) in [5, 5.41) is 9.72. The predicted octanol–water partition coefficient (Wildman–Crippen LogP) is 3.02. The van der Waals surface area contributed by atoms with Crippen LogP contribution in [0.25, 0.3) is 16.9 Å². The Kier molecular flexibility index (Phi) is 4.09. The second-order valence-electron chi connectivity index (χ2n) is 6.25. The van der Waals surface area contributed by atoms with Crippen LogP contribution >= 0.6 is 0 Å². The first-order valence-corrected chi connectivity index (χ1v) is 9.85. The number of nitrogens with zero attached hydrogens (tertiary/aromatic N) is 4. The van der Waals surface area contributed by atoms with Gasteiger partial charge in [0.15, 0.2) is 5.65 Å². The van der Waals surface area contributed by atoms with Crippen LogP contribution in [0.4, 0.5) is 5.82 Å². The maximum atomic E-state index is 13.1. The highest BCUT2D eigenvalue weighted by atomic mass is 32.2. The average molecular weight is 389 g/mol. The molecule has 0 amide bonds. The van der Waals surface area contributed by atoms with Crippen molar-refractivity contribution in [1.29, 1.82) is 5.26 Å². The zero-order valence-corrected chi connectivity index (χ0v) is 15.7. The summed E-state index contributed by atoms with van der Waals surface area (Å²) in [5.74, 6) is -0.234. The standard InChI is InChI=1S/C20H15N5O2S/c1-13-7-9-14(10-8-13)25-12-23-17-16(11-21)18(19(22)24-20(17)25)28(26,27)15-5-3-2-4-6-15/h2-10,12H,1H3,(H2,22,24). The van der Waals surface area contributed by atoms with Crippen molar-refractivity contribution in [1.82, 2.24) is 14.5 Å². The Morgan fingerprint density at radius 3 is 2.39 bits per heavy atom. The molecule has 0 saturated carbocycles. The highest BCUT2D eigenvalue weighted by Crippen LogP contribution is 2.32. The van der Waals surface area contributed by atoms with Crippen LogP contribution in [0.2, 0.25) is 0 Å². The van der Waals surface area contributed by atoms with Gasteiger partial charge in [0.1, 0.15) is 34.2 Å². The number of rotatable bonds is 3. The maximum Gasteiger partial charge on any atom is 0.211 e. The van der Waals surface area contributed by atoms with Gasteiger partial charge in [-0.05, 0) is 31.2 Å². The van der Waals surface area contributed by atoms with E-state index in [1.54, 1.807) is 22.8 Å². The van der Waals surface area contributed by atoms with Crippen molar-refractivity contribution in [2.24, 2.45) is 0 Å². The SMILES string of the molecule is Cc1ccc(-n2cnc3c(C#N)c(S(=O)(=O)c4ccccc4)c(N)nc32)cc1. The van der Waals surface area contributed by atoms with Gasteiger partial charge in [-0.3, -0.25) is 4.57 Å². The minimum Gasteiger partial charge on any atom is -0.382 e. The van der Waals surface area contributed by atoms with E-state index in [2.05, 4.69) is 9.97 Å². The van der Waals surface area contributed by atoms with E-state index < -0.39 is 9.84 Å². The normalized spacial score (nSPS) is 11.4. The van der Waals surface area contributed by atoms with Crippen molar-refractivity contribution in [3.05, 3.63) is 72.1 Å². The number of imidazole rings is 1. The Labute approximate surface area is 161 Å². The molecule has 0 aliphatic rings. The number of nitriles is 1. The summed E-state index contributed by atoms with van der Waals surface area (Å²) in [6, 6.07) is 17.4. The molecule has 0 unspecified atom stereocenters. The second-order valence-corrected chi connectivity index (χ2v) is 8.14. The highest BCUT2D eigenvalue weighted by molar-refractivity contribution is 7.91. The molecule has 0 aliphatic heterocycles. The van der Waals surface area contributed by atoms with Crippen LogP contribution in [0, 0.1) is 18.3 Å². The zero-order chi connectivity index (χ0) is 19.9. The zero-order valence-electron chi connectivity index (χ0n) is 14.9. The van der Waals surface area contributed by atoms with Crippen LogP contribution in [-0.4, -0.2) is 23.0 Å². The van der Waals surface area contributed by atoms with Crippen LogP contribution in [0.15, 0.2) is 70.7 Å². The average Bonchev–Trinajstić information content (AvgIpc) is 3.11. The van der Waals surface area contributed by atoms with Gasteiger partial charge in [0, 0.05) is 5.69 Å². The second kappa shape index (κ2) is 6.48. The number of aromatic nitrogens is 3. The van der Waals surface area contributed by atoms with E-state index in [4.69, 9.17) is 5.73 Å². The number of benzene rings is 2. The van der Waals surface area contributed by atoms with Crippen molar-refractivity contribution < 1.29 is 8.42 Å².